The van der Waals surface area contributed by atoms with E-state index >= 15 is 0 Å². The normalized spacial score (nSPS) is 12.5. The van der Waals surface area contributed by atoms with Crippen molar-refractivity contribution in [1.82, 2.24) is 15.3 Å². The summed E-state index contributed by atoms with van der Waals surface area (Å²) in [5.74, 6) is -1.07. The summed E-state index contributed by atoms with van der Waals surface area (Å²) in [6, 6.07) is 10.9. The number of fused-ring (bicyclic) bond motifs is 2. The van der Waals surface area contributed by atoms with Crippen molar-refractivity contribution in [2.45, 2.75) is 6.54 Å². The highest BCUT2D eigenvalue weighted by atomic mass is 32.1. The first-order valence-electron chi connectivity index (χ1n) is 7.51. The molecule has 2 heterocycles. The van der Waals surface area contributed by atoms with Crippen molar-refractivity contribution in [3.05, 3.63) is 81.1 Å². The lowest BCUT2D eigenvalue weighted by Gasteiger charge is -2.10. The van der Waals surface area contributed by atoms with Crippen LogP contribution < -0.4 is 5.32 Å². The van der Waals surface area contributed by atoms with Crippen LogP contribution in [0.1, 0.15) is 46.7 Å². The van der Waals surface area contributed by atoms with Gasteiger partial charge in [0, 0.05) is 24.5 Å². The molecule has 4 rings (SSSR count). The Morgan fingerprint density at radius 1 is 1.00 bits per heavy atom. The minimum absolute atomic E-state index is 0.0362. The van der Waals surface area contributed by atoms with Crippen LogP contribution in [0.4, 0.5) is 0 Å². The molecule has 0 radical (unpaired) electrons. The van der Waals surface area contributed by atoms with Gasteiger partial charge in [-0.2, -0.15) is 0 Å². The third-order valence-electron chi connectivity index (χ3n) is 3.83. The summed E-state index contributed by atoms with van der Waals surface area (Å²) in [7, 11) is 0. The summed E-state index contributed by atoms with van der Waals surface area (Å²) in [6.45, 7) is 0.369. The first-order chi connectivity index (χ1) is 12.1. The fourth-order valence-electron chi connectivity index (χ4n) is 2.61. The molecule has 0 saturated heterocycles. The molecule has 6 nitrogen and oxygen atoms in total. The van der Waals surface area contributed by atoms with Crippen LogP contribution in [-0.2, 0) is 6.54 Å². The van der Waals surface area contributed by atoms with Crippen molar-refractivity contribution in [2.75, 3.05) is 0 Å². The van der Waals surface area contributed by atoms with E-state index in [9.17, 15) is 14.4 Å². The van der Waals surface area contributed by atoms with Crippen LogP contribution in [0, 0.1) is 0 Å². The molecule has 122 valence electrons. The summed E-state index contributed by atoms with van der Waals surface area (Å²) in [6.07, 6.45) is 2.74. The van der Waals surface area contributed by atoms with Gasteiger partial charge in [0.25, 0.3) is 5.91 Å². The molecule has 0 spiro atoms. The van der Waals surface area contributed by atoms with E-state index in [2.05, 4.69) is 15.3 Å². The lowest BCUT2D eigenvalue weighted by Crippen LogP contribution is -2.22. The minimum atomic E-state index is -0.379. The zero-order valence-electron chi connectivity index (χ0n) is 12.9. The first-order valence-corrected chi connectivity index (χ1v) is 8.33. The van der Waals surface area contributed by atoms with Crippen molar-refractivity contribution >= 4 is 28.8 Å². The summed E-state index contributed by atoms with van der Waals surface area (Å²) >= 11 is 1.00. The monoisotopic (exact) mass is 349 g/mol. The second kappa shape index (κ2) is 6.03. The molecule has 0 unspecified atom stereocenters. The van der Waals surface area contributed by atoms with Crippen LogP contribution in [0.25, 0.3) is 0 Å². The van der Waals surface area contributed by atoms with Crippen molar-refractivity contribution in [1.29, 1.82) is 0 Å². The zero-order valence-corrected chi connectivity index (χ0v) is 13.7. The van der Waals surface area contributed by atoms with Crippen molar-refractivity contribution < 1.29 is 14.4 Å². The number of aromatic nitrogens is 2. The molecule has 3 aromatic rings. The van der Waals surface area contributed by atoms with E-state index in [-0.39, 0.29) is 39.3 Å². The number of nitrogens with one attached hydrogen (secondary N) is 1. The van der Waals surface area contributed by atoms with Gasteiger partial charge in [0.1, 0.15) is 11.4 Å². The Hall–Kier alpha value is -3.19. The maximum atomic E-state index is 12.5. The summed E-state index contributed by atoms with van der Waals surface area (Å²) in [5.41, 5.74) is 1.25. The molecule has 0 aliphatic heterocycles. The van der Waals surface area contributed by atoms with Crippen LogP contribution in [0.3, 0.4) is 0 Å². The number of nitrogens with zero attached hydrogens (tertiary/aromatic N) is 2. The Bertz CT molecular complexity index is 959. The molecule has 1 N–H and O–H groups in total. The number of benzene rings is 1. The van der Waals surface area contributed by atoms with Gasteiger partial charge in [-0.05, 0) is 11.6 Å². The Kier molecular flexibility index (Phi) is 3.70. The standard InChI is InChI=1S/C18H11N3O3S/c22-15-11-8-12(18(24)21-9-10-4-2-1-3-5-10)25-17(11)16(23)14-13(15)19-6-7-20-14/h1-8H,9H2,(H,21,24). The van der Waals surface area contributed by atoms with Crippen molar-refractivity contribution in [3.8, 4) is 0 Å². The third kappa shape index (κ3) is 2.64. The molecule has 1 aliphatic carbocycles. The highest BCUT2D eigenvalue weighted by Gasteiger charge is 2.35. The molecule has 1 aliphatic rings. The Balaban J connectivity index is 1.61. The van der Waals surface area contributed by atoms with Gasteiger partial charge in [0.15, 0.2) is 0 Å². The predicted molar refractivity (Wildman–Crippen MR) is 90.8 cm³/mol. The second-order valence-corrected chi connectivity index (χ2v) is 6.49. The summed E-state index contributed by atoms with van der Waals surface area (Å²) < 4.78 is 0. The Morgan fingerprint density at radius 2 is 1.68 bits per heavy atom. The van der Waals surface area contributed by atoms with Crippen LogP contribution in [0.15, 0.2) is 48.8 Å². The number of carbonyl (C=O) groups is 3. The van der Waals surface area contributed by atoms with E-state index in [4.69, 9.17) is 0 Å². The SMILES string of the molecule is O=C(NCc1ccccc1)c1cc2c(s1)C(=O)c1nccnc1C2=O. The van der Waals surface area contributed by atoms with Gasteiger partial charge in [-0.25, -0.2) is 9.97 Å². The van der Waals surface area contributed by atoms with Gasteiger partial charge < -0.3 is 5.32 Å². The second-order valence-electron chi connectivity index (χ2n) is 5.43. The Labute approximate surface area is 146 Å². The number of hydrogen-bond acceptors (Lipinski definition) is 6. The van der Waals surface area contributed by atoms with Crippen molar-refractivity contribution in [3.63, 3.8) is 0 Å². The molecule has 25 heavy (non-hydrogen) atoms. The highest BCUT2D eigenvalue weighted by molar-refractivity contribution is 7.16. The maximum Gasteiger partial charge on any atom is 0.261 e. The Morgan fingerprint density at radius 3 is 2.40 bits per heavy atom. The highest BCUT2D eigenvalue weighted by Crippen LogP contribution is 2.31. The number of rotatable bonds is 3. The summed E-state index contributed by atoms with van der Waals surface area (Å²) in [5, 5.41) is 2.79. The number of amides is 1. The number of hydrogen-bond donors (Lipinski definition) is 1. The average Bonchev–Trinajstić information content (AvgIpc) is 3.11. The quantitative estimate of drug-likeness (QED) is 0.613. The molecule has 0 fully saturated rings. The van der Waals surface area contributed by atoms with Crippen LogP contribution in [0.5, 0.6) is 0 Å². The lowest BCUT2D eigenvalue weighted by atomic mass is 9.96. The molecule has 2 aromatic heterocycles. The average molecular weight is 349 g/mol. The molecular weight excluding hydrogens is 338 g/mol. The predicted octanol–water partition coefficient (Wildman–Crippen LogP) is 2.24. The van der Waals surface area contributed by atoms with E-state index in [0.717, 1.165) is 16.9 Å². The molecule has 0 atom stereocenters. The third-order valence-corrected chi connectivity index (χ3v) is 4.96. The van der Waals surface area contributed by atoms with Gasteiger partial charge in [-0.15, -0.1) is 11.3 Å². The zero-order chi connectivity index (χ0) is 17.4. The van der Waals surface area contributed by atoms with Crippen LogP contribution >= 0.6 is 11.3 Å². The number of thiophene rings is 1. The largest absolute Gasteiger partial charge is 0.347 e. The van der Waals surface area contributed by atoms with E-state index in [0.29, 0.717) is 11.4 Å². The molecular formula is C18H11N3O3S. The van der Waals surface area contributed by atoms with Gasteiger partial charge in [-0.3, -0.25) is 14.4 Å². The van der Waals surface area contributed by atoms with Crippen molar-refractivity contribution in [2.24, 2.45) is 0 Å². The van der Waals surface area contributed by atoms with Crippen LogP contribution in [0.2, 0.25) is 0 Å². The number of carbonyl (C=O) groups excluding carboxylic acids is 3. The fourth-order valence-corrected chi connectivity index (χ4v) is 3.62. The lowest BCUT2D eigenvalue weighted by molar-refractivity contribution is 0.0954. The fraction of sp³-hybridized carbons (Fsp3) is 0.0556. The molecule has 0 bridgehead atoms. The molecule has 0 saturated carbocycles. The number of ketones is 2. The van der Waals surface area contributed by atoms with E-state index < -0.39 is 0 Å². The first kappa shape index (κ1) is 15.3. The smallest absolute Gasteiger partial charge is 0.261 e. The topological polar surface area (TPSA) is 89.0 Å². The molecule has 7 heteroatoms. The van der Waals surface area contributed by atoms with Gasteiger partial charge >= 0.3 is 0 Å². The van der Waals surface area contributed by atoms with Crippen LogP contribution in [-0.4, -0.2) is 27.4 Å². The minimum Gasteiger partial charge on any atom is -0.347 e. The van der Waals surface area contributed by atoms with Gasteiger partial charge in [0.2, 0.25) is 11.6 Å². The maximum absolute atomic E-state index is 12.5. The van der Waals surface area contributed by atoms with E-state index in [1.54, 1.807) is 0 Å². The molecule has 1 aromatic carbocycles. The molecule has 1 amide bonds. The van der Waals surface area contributed by atoms with E-state index in [1.807, 2.05) is 30.3 Å². The van der Waals surface area contributed by atoms with Gasteiger partial charge in [-0.1, -0.05) is 30.3 Å². The van der Waals surface area contributed by atoms with E-state index in [1.165, 1.54) is 18.5 Å². The summed E-state index contributed by atoms with van der Waals surface area (Å²) in [4.78, 5) is 45.8. The van der Waals surface area contributed by atoms with Gasteiger partial charge in [0.05, 0.1) is 9.75 Å².